The summed E-state index contributed by atoms with van der Waals surface area (Å²) < 4.78 is 41.2. The standard InChI is InChI=1S/C13H18F3NO/c1-9(2)11-6-10(4-5-12(11)18-3)7-17-8-13(14,15)16/h4-6,9,17H,7-8H2,1-3H3. The second-order valence-corrected chi connectivity index (χ2v) is 4.45. The highest BCUT2D eigenvalue weighted by molar-refractivity contribution is 5.39. The fourth-order valence-electron chi connectivity index (χ4n) is 1.69. The Labute approximate surface area is 105 Å². The zero-order valence-electron chi connectivity index (χ0n) is 10.8. The quantitative estimate of drug-likeness (QED) is 0.876. The van der Waals surface area contributed by atoms with Crippen LogP contribution in [0.5, 0.6) is 5.75 Å². The third-order valence-corrected chi connectivity index (χ3v) is 2.57. The predicted octanol–water partition coefficient (Wildman–Crippen LogP) is 3.47. The topological polar surface area (TPSA) is 21.3 Å². The number of benzene rings is 1. The number of rotatable bonds is 5. The van der Waals surface area contributed by atoms with Crippen molar-refractivity contribution in [2.75, 3.05) is 13.7 Å². The molecule has 0 heterocycles. The normalized spacial score (nSPS) is 11.9. The first kappa shape index (κ1) is 14.8. The van der Waals surface area contributed by atoms with E-state index in [0.29, 0.717) is 0 Å². The SMILES string of the molecule is COc1ccc(CNCC(F)(F)F)cc1C(C)C. The summed E-state index contributed by atoms with van der Waals surface area (Å²) in [6.45, 7) is 3.26. The number of methoxy groups -OCH3 is 1. The van der Waals surface area contributed by atoms with E-state index in [1.807, 2.05) is 19.9 Å². The van der Waals surface area contributed by atoms with Crippen LogP contribution in [0.15, 0.2) is 18.2 Å². The Morgan fingerprint density at radius 3 is 2.44 bits per heavy atom. The molecular formula is C13H18F3NO. The van der Waals surface area contributed by atoms with Gasteiger partial charge >= 0.3 is 6.18 Å². The second kappa shape index (κ2) is 6.09. The smallest absolute Gasteiger partial charge is 0.401 e. The van der Waals surface area contributed by atoms with Gasteiger partial charge in [-0.15, -0.1) is 0 Å². The van der Waals surface area contributed by atoms with Gasteiger partial charge in [-0.3, -0.25) is 0 Å². The maximum Gasteiger partial charge on any atom is 0.401 e. The van der Waals surface area contributed by atoms with Crippen LogP contribution in [-0.4, -0.2) is 19.8 Å². The lowest BCUT2D eigenvalue weighted by Crippen LogP contribution is -2.28. The number of ether oxygens (including phenoxy) is 1. The second-order valence-electron chi connectivity index (χ2n) is 4.45. The molecule has 0 fully saturated rings. The molecule has 102 valence electrons. The van der Waals surface area contributed by atoms with Crippen molar-refractivity contribution in [3.63, 3.8) is 0 Å². The molecule has 0 saturated carbocycles. The van der Waals surface area contributed by atoms with Crippen LogP contribution >= 0.6 is 0 Å². The van der Waals surface area contributed by atoms with Crippen molar-refractivity contribution in [3.8, 4) is 5.75 Å². The fraction of sp³-hybridized carbons (Fsp3) is 0.538. The van der Waals surface area contributed by atoms with Crippen LogP contribution in [0.3, 0.4) is 0 Å². The molecule has 18 heavy (non-hydrogen) atoms. The van der Waals surface area contributed by atoms with Gasteiger partial charge in [-0.2, -0.15) is 13.2 Å². The van der Waals surface area contributed by atoms with E-state index >= 15 is 0 Å². The van der Waals surface area contributed by atoms with Crippen LogP contribution < -0.4 is 10.1 Å². The molecule has 0 aliphatic heterocycles. The minimum atomic E-state index is -4.17. The predicted molar refractivity (Wildman–Crippen MR) is 64.8 cm³/mol. The molecule has 0 saturated heterocycles. The summed E-state index contributed by atoms with van der Waals surface area (Å²) in [5, 5.41) is 2.38. The lowest BCUT2D eigenvalue weighted by atomic mass is 9.99. The monoisotopic (exact) mass is 261 g/mol. The Bertz CT molecular complexity index is 388. The molecule has 0 spiro atoms. The van der Waals surface area contributed by atoms with Crippen LogP contribution in [0.4, 0.5) is 13.2 Å². The van der Waals surface area contributed by atoms with Crippen molar-refractivity contribution in [3.05, 3.63) is 29.3 Å². The van der Waals surface area contributed by atoms with Crippen LogP contribution in [-0.2, 0) is 6.54 Å². The van der Waals surface area contributed by atoms with Gasteiger partial charge in [0.2, 0.25) is 0 Å². The first-order chi connectivity index (χ1) is 8.33. The number of alkyl halides is 3. The molecule has 0 bridgehead atoms. The molecule has 0 aliphatic rings. The van der Waals surface area contributed by atoms with E-state index in [4.69, 9.17) is 4.74 Å². The Balaban J connectivity index is 2.70. The highest BCUT2D eigenvalue weighted by Gasteiger charge is 2.26. The van der Waals surface area contributed by atoms with Gasteiger partial charge < -0.3 is 10.1 Å². The van der Waals surface area contributed by atoms with Crippen molar-refractivity contribution in [2.24, 2.45) is 0 Å². The molecule has 0 amide bonds. The Morgan fingerprint density at radius 2 is 1.94 bits per heavy atom. The lowest BCUT2D eigenvalue weighted by molar-refractivity contribution is -0.125. The molecule has 0 radical (unpaired) electrons. The van der Waals surface area contributed by atoms with E-state index in [9.17, 15) is 13.2 Å². The first-order valence-electron chi connectivity index (χ1n) is 5.77. The van der Waals surface area contributed by atoms with Crippen molar-refractivity contribution in [1.82, 2.24) is 5.32 Å². The van der Waals surface area contributed by atoms with Gasteiger partial charge in [0.1, 0.15) is 5.75 Å². The number of halogens is 3. The summed E-state index contributed by atoms with van der Waals surface area (Å²) in [6.07, 6.45) is -4.17. The van der Waals surface area contributed by atoms with Gasteiger partial charge in [-0.05, 0) is 23.1 Å². The molecule has 1 aromatic rings. The van der Waals surface area contributed by atoms with Gasteiger partial charge in [0.25, 0.3) is 0 Å². The minimum Gasteiger partial charge on any atom is -0.496 e. The number of hydrogen-bond acceptors (Lipinski definition) is 2. The lowest BCUT2D eigenvalue weighted by Gasteiger charge is -2.14. The van der Waals surface area contributed by atoms with Gasteiger partial charge in [0.15, 0.2) is 0 Å². The molecule has 0 unspecified atom stereocenters. The largest absolute Gasteiger partial charge is 0.496 e. The van der Waals surface area contributed by atoms with Crippen molar-refractivity contribution < 1.29 is 17.9 Å². The molecular weight excluding hydrogens is 243 g/mol. The maximum absolute atomic E-state index is 12.0. The minimum absolute atomic E-state index is 0.198. The summed E-state index contributed by atoms with van der Waals surface area (Å²) in [5.41, 5.74) is 1.83. The summed E-state index contributed by atoms with van der Waals surface area (Å²) >= 11 is 0. The zero-order chi connectivity index (χ0) is 13.8. The molecule has 1 N–H and O–H groups in total. The van der Waals surface area contributed by atoms with E-state index in [1.165, 1.54) is 0 Å². The van der Waals surface area contributed by atoms with Gasteiger partial charge in [0, 0.05) is 6.54 Å². The van der Waals surface area contributed by atoms with Gasteiger partial charge in [-0.25, -0.2) is 0 Å². The molecule has 0 aromatic heterocycles. The number of hydrogen-bond donors (Lipinski definition) is 1. The van der Waals surface area contributed by atoms with Gasteiger partial charge in [-0.1, -0.05) is 26.0 Å². The summed E-state index contributed by atoms with van der Waals surface area (Å²) in [4.78, 5) is 0. The summed E-state index contributed by atoms with van der Waals surface area (Å²) in [5.74, 6) is 1.03. The van der Waals surface area contributed by atoms with Gasteiger partial charge in [0.05, 0.1) is 13.7 Å². The number of nitrogens with one attached hydrogen (secondary N) is 1. The first-order valence-corrected chi connectivity index (χ1v) is 5.77. The van der Waals surface area contributed by atoms with Crippen molar-refractivity contribution in [1.29, 1.82) is 0 Å². The summed E-state index contributed by atoms with van der Waals surface area (Å²) in [6, 6.07) is 5.45. The molecule has 2 nitrogen and oxygen atoms in total. The van der Waals surface area contributed by atoms with E-state index in [2.05, 4.69) is 5.32 Å². The Hall–Kier alpha value is -1.23. The highest BCUT2D eigenvalue weighted by atomic mass is 19.4. The third-order valence-electron chi connectivity index (χ3n) is 2.57. The Morgan fingerprint density at radius 1 is 1.28 bits per heavy atom. The average molecular weight is 261 g/mol. The van der Waals surface area contributed by atoms with Crippen molar-refractivity contribution >= 4 is 0 Å². The highest BCUT2D eigenvalue weighted by Crippen LogP contribution is 2.27. The van der Waals surface area contributed by atoms with Crippen LogP contribution in [0.2, 0.25) is 0 Å². The van der Waals surface area contributed by atoms with Crippen LogP contribution in [0, 0.1) is 0 Å². The molecule has 1 rings (SSSR count). The Kier molecular flexibility index (Phi) is 5.02. The molecule has 5 heteroatoms. The maximum atomic E-state index is 12.0. The van der Waals surface area contributed by atoms with Crippen LogP contribution in [0.25, 0.3) is 0 Å². The molecule has 0 atom stereocenters. The van der Waals surface area contributed by atoms with E-state index in [1.54, 1.807) is 19.2 Å². The van der Waals surface area contributed by atoms with Crippen molar-refractivity contribution in [2.45, 2.75) is 32.5 Å². The third kappa shape index (κ3) is 4.56. The molecule has 1 aromatic carbocycles. The van der Waals surface area contributed by atoms with E-state index in [0.717, 1.165) is 16.9 Å². The van der Waals surface area contributed by atoms with Crippen LogP contribution in [0.1, 0.15) is 30.9 Å². The van der Waals surface area contributed by atoms with E-state index < -0.39 is 12.7 Å². The summed E-state index contributed by atoms with van der Waals surface area (Å²) in [7, 11) is 1.59. The fourth-order valence-corrected chi connectivity index (χ4v) is 1.69. The molecule has 0 aliphatic carbocycles. The van der Waals surface area contributed by atoms with E-state index in [-0.39, 0.29) is 12.5 Å². The zero-order valence-corrected chi connectivity index (χ0v) is 10.8. The average Bonchev–Trinajstić information content (AvgIpc) is 2.27.